The second-order valence-electron chi connectivity index (χ2n) is 5.62. The topological polar surface area (TPSA) is 35.5 Å². The van der Waals surface area contributed by atoms with Crippen molar-refractivity contribution in [1.82, 2.24) is 0 Å². The lowest BCUT2D eigenvalue weighted by Crippen LogP contribution is -2.60. The van der Waals surface area contributed by atoms with Crippen molar-refractivity contribution in [3.05, 3.63) is 12.2 Å². The van der Waals surface area contributed by atoms with E-state index in [0.717, 1.165) is 0 Å². The number of carbonyl (C=O) groups is 1. The third-order valence-electron chi connectivity index (χ3n) is 4.31. The fraction of sp³-hybridized carbons (Fsp3) is 0.769. The summed E-state index contributed by atoms with van der Waals surface area (Å²) in [7, 11) is 0.653. The van der Waals surface area contributed by atoms with Crippen LogP contribution in [0.2, 0.25) is 0 Å². The summed E-state index contributed by atoms with van der Waals surface area (Å²) in [6.07, 6.45) is -10.7. The molecule has 0 aromatic carbocycles. The van der Waals surface area contributed by atoms with Crippen molar-refractivity contribution in [2.24, 2.45) is 17.8 Å². The largest absolute Gasteiger partial charge is 0.509 e. The number of halogens is 6. The Balaban J connectivity index is 2.34. The molecule has 22 heavy (non-hydrogen) atoms. The van der Waals surface area contributed by atoms with Crippen molar-refractivity contribution in [3.8, 4) is 0 Å². The van der Waals surface area contributed by atoms with E-state index in [9.17, 15) is 31.1 Å². The lowest BCUT2D eigenvalue weighted by molar-refractivity contribution is -0.372. The predicted octanol–water partition coefficient (Wildman–Crippen LogP) is 4.24. The van der Waals surface area contributed by atoms with E-state index >= 15 is 0 Å². The molecule has 2 aliphatic rings. The molecule has 1 saturated carbocycles. The fourth-order valence-corrected chi connectivity index (χ4v) is 3.23. The molecule has 3 atom stereocenters. The maximum absolute atomic E-state index is 13.2. The molecule has 0 spiro atoms. The minimum absolute atomic E-state index is 0.00714. The van der Waals surface area contributed by atoms with Crippen molar-refractivity contribution in [2.45, 2.75) is 37.2 Å². The van der Waals surface area contributed by atoms with Crippen molar-refractivity contribution >= 4 is 6.16 Å². The SMILES string of the molecule is COC(=O)OC(CC1CC2C=CC1C2)(C(F)(F)F)C(F)(F)F. The van der Waals surface area contributed by atoms with Crippen LogP contribution in [-0.2, 0) is 9.47 Å². The summed E-state index contributed by atoms with van der Waals surface area (Å²) in [5.41, 5.74) is -4.55. The van der Waals surface area contributed by atoms with Gasteiger partial charge in [0.25, 0.3) is 0 Å². The van der Waals surface area contributed by atoms with Crippen LogP contribution in [0.5, 0.6) is 0 Å². The van der Waals surface area contributed by atoms with Crippen molar-refractivity contribution in [2.75, 3.05) is 7.11 Å². The average molecular weight is 332 g/mol. The van der Waals surface area contributed by atoms with Gasteiger partial charge < -0.3 is 9.47 Å². The van der Waals surface area contributed by atoms with E-state index in [1.54, 1.807) is 12.2 Å². The smallest absolute Gasteiger partial charge is 0.438 e. The fourth-order valence-electron chi connectivity index (χ4n) is 3.23. The molecular formula is C13H14F6O3. The van der Waals surface area contributed by atoms with Crippen LogP contribution >= 0.6 is 0 Å². The van der Waals surface area contributed by atoms with E-state index in [-0.39, 0.29) is 18.3 Å². The van der Waals surface area contributed by atoms with Crippen LogP contribution in [0.1, 0.15) is 19.3 Å². The predicted molar refractivity (Wildman–Crippen MR) is 61.8 cm³/mol. The summed E-state index contributed by atoms with van der Waals surface area (Å²) in [5, 5.41) is 0. The molecule has 2 aliphatic carbocycles. The molecule has 0 radical (unpaired) electrons. The molecule has 2 bridgehead atoms. The Bertz CT molecular complexity index is 453. The van der Waals surface area contributed by atoms with Crippen LogP contribution in [-0.4, -0.2) is 31.2 Å². The maximum Gasteiger partial charge on any atom is 0.509 e. The molecule has 1 fully saturated rings. The van der Waals surface area contributed by atoms with Crippen LogP contribution in [0.25, 0.3) is 0 Å². The Kier molecular flexibility index (Phi) is 4.12. The number of allylic oxidation sites excluding steroid dienone is 2. The van der Waals surface area contributed by atoms with Crippen molar-refractivity contribution in [1.29, 1.82) is 0 Å². The molecule has 3 nitrogen and oxygen atoms in total. The summed E-state index contributed by atoms with van der Waals surface area (Å²) in [4.78, 5) is 11.0. The van der Waals surface area contributed by atoms with Crippen LogP contribution in [0.4, 0.5) is 31.1 Å². The Hall–Kier alpha value is -1.41. The molecule has 0 N–H and O–H groups in total. The zero-order chi connectivity index (χ0) is 16.8. The normalized spacial score (nSPS) is 28.0. The summed E-state index contributed by atoms with van der Waals surface area (Å²) in [6.45, 7) is 0. The molecule has 9 heteroatoms. The van der Waals surface area contributed by atoms with Gasteiger partial charge in [-0.2, -0.15) is 26.3 Å². The van der Waals surface area contributed by atoms with Gasteiger partial charge in [0.1, 0.15) is 0 Å². The Labute approximate surface area is 122 Å². The second kappa shape index (κ2) is 5.34. The highest BCUT2D eigenvalue weighted by Gasteiger charge is 2.75. The van der Waals surface area contributed by atoms with Crippen LogP contribution in [0, 0.1) is 17.8 Å². The Morgan fingerprint density at radius 2 is 1.68 bits per heavy atom. The zero-order valence-electron chi connectivity index (χ0n) is 11.5. The first-order valence-corrected chi connectivity index (χ1v) is 6.59. The molecule has 2 rings (SSSR count). The average Bonchev–Trinajstić information content (AvgIpc) is 2.97. The zero-order valence-corrected chi connectivity index (χ0v) is 11.5. The van der Waals surface area contributed by atoms with Crippen LogP contribution < -0.4 is 0 Å². The summed E-state index contributed by atoms with van der Waals surface area (Å²) < 4.78 is 86.8. The van der Waals surface area contributed by atoms with E-state index < -0.39 is 36.4 Å². The van der Waals surface area contributed by atoms with E-state index in [4.69, 9.17) is 0 Å². The number of rotatable bonds is 3. The number of hydrogen-bond acceptors (Lipinski definition) is 3. The number of methoxy groups -OCH3 is 1. The highest BCUT2D eigenvalue weighted by molar-refractivity contribution is 5.60. The third kappa shape index (κ3) is 2.77. The van der Waals surface area contributed by atoms with Crippen molar-refractivity contribution < 1.29 is 40.6 Å². The van der Waals surface area contributed by atoms with Gasteiger partial charge in [-0.05, 0) is 30.6 Å². The first-order chi connectivity index (χ1) is 10.00. The highest BCUT2D eigenvalue weighted by atomic mass is 19.4. The Morgan fingerprint density at radius 1 is 1.09 bits per heavy atom. The number of fused-ring (bicyclic) bond motifs is 2. The van der Waals surface area contributed by atoms with Gasteiger partial charge in [0, 0.05) is 6.42 Å². The second-order valence-corrected chi connectivity index (χ2v) is 5.62. The number of alkyl halides is 6. The molecule has 0 aliphatic heterocycles. The minimum Gasteiger partial charge on any atom is -0.438 e. The number of carbonyl (C=O) groups excluding carboxylic acids is 1. The molecule has 0 heterocycles. The Morgan fingerprint density at radius 3 is 2.05 bits per heavy atom. The first kappa shape index (κ1) is 17.0. The molecule has 0 saturated heterocycles. The molecule has 0 amide bonds. The lowest BCUT2D eigenvalue weighted by atomic mass is 9.81. The number of hydrogen-bond donors (Lipinski definition) is 0. The molecule has 3 unspecified atom stereocenters. The van der Waals surface area contributed by atoms with E-state index in [1.807, 2.05) is 0 Å². The van der Waals surface area contributed by atoms with Gasteiger partial charge in [0.15, 0.2) is 0 Å². The van der Waals surface area contributed by atoms with E-state index in [1.165, 1.54) is 0 Å². The molecule has 0 aromatic rings. The van der Waals surface area contributed by atoms with Gasteiger partial charge in [-0.1, -0.05) is 12.2 Å². The summed E-state index contributed by atoms with van der Waals surface area (Å²) in [6, 6.07) is 0. The first-order valence-electron chi connectivity index (χ1n) is 6.59. The van der Waals surface area contributed by atoms with E-state index in [0.29, 0.717) is 13.5 Å². The van der Waals surface area contributed by atoms with Gasteiger partial charge >= 0.3 is 24.1 Å². The van der Waals surface area contributed by atoms with Gasteiger partial charge in [0.05, 0.1) is 7.11 Å². The van der Waals surface area contributed by atoms with Crippen LogP contribution in [0.3, 0.4) is 0 Å². The van der Waals surface area contributed by atoms with Crippen molar-refractivity contribution in [3.63, 3.8) is 0 Å². The van der Waals surface area contributed by atoms with Gasteiger partial charge in [-0.3, -0.25) is 0 Å². The van der Waals surface area contributed by atoms with Gasteiger partial charge in [-0.25, -0.2) is 4.79 Å². The number of ether oxygens (including phenoxy) is 2. The van der Waals surface area contributed by atoms with E-state index in [2.05, 4.69) is 9.47 Å². The van der Waals surface area contributed by atoms with Gasteiger partial charge in [0.2, 0.25) is 0 Å². The summed E-state index contributed by atoms with van der Waals surface area (Å²) >= 11 is 0. The highest BCUT2D eigenvalue weighted by Crippen LogP contribution is 2.54. The molecule has 0 aromatic heterocycles. The third-order valence-corrected chi connectivity index (χ3v) is 4.31. The monoisotopic (exact) mass is 332 g/mol. The maximum atomic E-state index is 13.2. The van der Waals surface area contributed by atoms with Crippen LogP contribution in [0.15, 0.2) is 12.2 Å². The minimum atomic E-state index is -5.79. The lowest BCUT2D eigenvalue weighted by Gasteiger charge is -2.38. The van der Waals surface area contributed by atoms with Gasteiger partial charge in [-0.15, -0.1) is 0 Å². The quantitative estimate of drug-likeness (QED) is 0.441. The molecule has 126 valence electrons. The summed E-state index contributed by atoms with van der Waals surface area (Å²) in [5.74, 6) is -1.20. The standard InChI is InChI=1S/C13H14F6O3/c1-21-10(20)22-11(12(14,15)16,13(17,18)19)6-9-5-7-2-3-8(9)4-7/h2-3,7-9H,4-6H2,1H3. The molecular weight excluding hydrogens is 318 g/mol.